The Morgan fingerprint density at radius 1 is 0.959 bits per heavy atom. The fraction of sp³-hybridized carbons (Fsp3) is 0.500. The number of aryl methyl sites for hydroxylation is 1. The van der Waals surface area contributed by atoms with Crippen LogP contribution in [0.2, 0.25) is 19.6 Å². The molecule has 2 atom stereocenters. The molecule has 0 spiro atoms. The van der Waals surface area contributed by atoms with E-state index in [0.717, 1.165) is 4.90 Å². The highest BCUT2D eigenvalue weighted by atomic mass is 28.3. The summed E-state index contributed by atoms with van der Waals surface area (Å²) < 4.78 is 10.9. The number of para-hydroxylation sites is 1. The molecule has 2 aromatic carbocycles. The highest BCUT2D eigenvalue weighted by molar-refractivity contribution is 6.77. The van der Waals surface area contributed by atoms with Gasteiger partial charge in [-0.05, 0) is 76.3 Å². The number of unbranched alkanes of at least 4 members (excludes halogenated alkanes) is 1. The average Bonchev–Trinajstić information content (AvgIpc) is 2.99. The second-order valence-electron chi connectivity index (χ2n) is 14.0. The number of esters is 2. The minimum absolute atomic E-state index is 0.0114. The van der Waals surface area contributed by atoms with Crippen molar-refractivity contribution in [3.05, 3.63) is 59.2 Å². The topological polar surface area (TPSA) is 168 Å². The zero-order valence-corrected chi connectivity index (χ0v) is 31.1. The lowest BCUT2D eigenvalue weighted by atomic mass is 9.99. The van der Waals surface area contributed by atoms with Crippen LogP contribution < -0.4 is 15.5 Å². The Balaban J connectivity index is 2.29. The summed E-state index contributed by atoms with van der Waals surface area (Å²) in [6.45, 7) is 16.6. The number of carboxylic acid groups (broad SMARTS) is 1. The molecule has 0 aromatic heterocycles. The molecular weight excluding hydrogens is 646 g/mol. The quantitative estimate of drug-likeness (QED) is 0.0993. The standard InChI is InChI=1S/C36H51N3O9Si/c1-10-26-21-25(22-28(38-23(2)40)32(42)37-20-14-13-17-31(41)47-24(3)49(7,8)9)18-19-29(26)39(33(43)35(46)48-36(4,5)6)30-16-12-11-15-27(30)34(44)45/h11-12,15-16,18-19,21,24,28H,10,13-14,17,20,22H2,1-9H3,(H,37,42)(H,38,40)(H,44,45). The van der Waals surface area contributed by atoms with E-state index in [9.17, 15) is 33.9 Å². The van der Waals surface area contributed by atoms with E-state index in [1.807, 2.05) is 13.8 Å². The Hall–Kier alpha value is -4.52. The Labute approximate surface area is 289 Å². The van der Waals surface area contributed by atoms with Crippen LogP contribution in [-0.2, 0) is 46.3 Å². The number of aromatic carboxylic acids is 1. The van der Waals surface area contributed by atoms with Crippen LogP contribution in [0.5, 0.6) is 0 Å². The predicted octanol–water partition coefficient (Wildman–Crippen LogP) is 5.10. The lowest BCUT2D eigenvalue weighted by Crippen LogP contribution is -2.47. The molecule has 0 aliphatic rings. The van der Waals surface area contributed by atoms with Crippen molar-refractivity contribution in [1.82, 2.24) is 10.6 Å². The first-order valence-electron chi connectivity index (χ1n) is 16.5. The number of carboxylic acids is 1. The second kappa shape index (κ2) is 17.8. The summed E-state index contributed by atoms with van der Waals surface area (Å²) in [5.74, 6) is -4.56. The summed E-state index contributed by atoms with van der Waals surface area (Å²) >= 11 is 0. The number of carbonyl (C=O) groups is 6. The van der Waals surface area contributed by atoms with Gasteiger partial charge in [0.05, 0.1) is 30.7 Å². The molecule has 0 saturated carbocycles. The van der Waals surface area contributed by atoms with Crippen molar-refractivity contribution in [3.8, 4) is 0 Å². The van der Waals surface area contributed by atoms with Gasteiger partial charge in [-0.25, -0.2) is 9.59 Å². The highest BCUT2D eigenvalue weighted by Gasteiger charge is 2.33. The largest absolute Gasteiger partial charge is 0.478 e. The van der Waals surface area contributed by atoms with E-state index in [0.29, 0.717) is 36.9 Å². The van der Waals surface area contributed by atoms with Crippen molar-refractivity contribution in [2.75, 3.05) is 11.4 Å². The third-order valence-electron chi connectivity index (χ3n) is 7.69. The van der Waals surface area contributed by atoms with Crippen LogP contribution in [0.1, 0.15) is 82.3 Å². The van der Waals surface area contributed by atoms with Crippen LogP contribution in [-0.4, -0.2) is 72.7 Å². The Morgan fingerprint density at radius 2 is 1.61 bits per heavy atom. The molecule has 2 aromatic rings. The molecular formula is C36H51N3O9Si. The number of carbonyl (C=O) groups excluding carboxylic acids is 5. The fourth-order valence-corrected chi connectivity index (χ4v) is 5.22. The third kappa shape index (κ3) is 12.8. The van der Waals surface area contributed by atoms with E-state index >= 15 is 0 Å². The van der Waals surface area contributed by atoms with Crippen LogP contribution in [0.3, 0.4) is 0 Å². The van der Waals surface area contributed by atoms with E-state index in [2.05, 4.69) is 30.3 Å². The zero-order chi connectivity index (χ0) is 37.1. The zero-order valence-electron chi connectivity index (χ0n) is 30.1. The molecule has 268 valence electrons. The molecule has 0 aliphatic carbocycles. The number of anilines is 2. The molecule has 0 aliphatic heterocycles. The van der Waals surface area contributed by atoms with Crippen LogP contribution in [0, 0.1) is 0 Å². The molecule has 3 amide bonds. The first-order valence-corrected chi connectivity index (χ1v) is 20.1. The van der Waals surface area contributed by atoms with Gasteiger partial charge < -0.3 is 25.2 Å². The summed E-state index contributed by atoms with van der Waals surface area (Å²) in [4.78, 5) is 77.2. The van der Waals surface area contributed by atoms with E-state index in [1.165, 1.54) is 25.1 Å². The number of amides is 3. The van der Waals surface area contributed by atoms with E-state index in [1.54, 1.807) is 45.0 Å². The van der Waals surface area contributed by atoms with Gasteiger partial charge in [0, 0.05) is 26.3 Å². The maximum atomic E-state index is 13.6. The first-order chi connectivity index (χ1) is 22.7. The van der Waals surface area contributed by atoms with Crippen molar-refractivity contribution >= 4 is 55.1 Å². The molecule has 12 nitrogen and oxygen atoms in total. The number of nitrogens with one attached hydrogen (secondary N) is 2. The van der Waals surface area contributed by atoms with Crippen molar-refractivity contribution in [3.63, 3.8) is 0 Å². The number of rotatable bonds is 15. The monoisotopic (exact) mass is 697 g/mol. The number of ether oxygens (including phenoxy) is 2. The van der Waals surface area contributed by atoms with Crippen molar-refractivity contribution < 1.29 is 43.3 Å². The molecule has 0 heterocycles. The van der Waals surface area contributed by atoms with Crippen LogP contribution in [0.15, 0.2) is 42.5 Å². The van der Waals surface area contributed by atoms with Gasteiger partial charge in [-0.2, -0.15) is 0 Å². The van der Waals surface area contributed by atoms with Gasteiger partial charge in [-0.15, -0.1) is 0 Å². The lowest BCUT2D eigenvalue weighted by molar-refractivity contribution is -0.162. The van der Waals surface area contributed by atoms with Crippen molar-refractivity contribution in [2.45, 2.75) is 111 Å². The van der Waals surface area contributed by atoms with E-state index in [-0.39, 0.29) is 41.5 Å². The Morgan fingerprint density at radius 3 is 2.18 bits per heavy atom. The SMILES string of the molecule is CCc1cc(CC(NC(C)=O)C(=O)NCCCCC(=O)OC(C)[Si](C)(C)C)ccc1N(C(=O)C(=O)OC(C)(C)C)c1ccccc1C(=O)O. The summed E-state index contributed by atoms with van der Waals surface area (Å²) in [5.41, 5.74) is 0.258. The van der Waals surface area contributed by atoms with Gasteiger partial charge >= 0.3 is 23.8 Å². The molecule has 2 rings (SSSR count). The fourth-order valence-electron chi connectivity index (χ4n) is 4.73. The minimum atomic E-state index is -1.60. The average molecular weight is 698 g/mol. The smallest absolute Gasteiger partial charge is 0.398 e. The molecule has 0 radical (unpaired) electrons. The number of hydrogen-bond acceptors (Lipinski definition) is 8. The summed E-state index contributed by atoms with van der Waals surface area (Å²) in [5, 5.41) is 15.4. The normalized spacial score (nSPS) is 12.7. The van der Waals surface area contributed by atoms with Gasteiger partial charge in [0.15, 0.2) is 0 Å². The molecule has 0 fully saturated rings. The molecule has 13 heteroatoms. The van der Waals surface area contributed by atoms with Gasteiger partial charge in [0.1, 0.15) is 11.6 Å². The van der Waals surface area contributed by atoms with Crippen molar-refractivity contribution in [2.24, 2.45) is 0 Å². The van der Waals surface area contributed by atoms with Gasteiger partial charge in [0.25, 0.3) is 0 Å². The van der Waals surface area contributed by atoms with Crippen LogP contribution in [0.25, 0.3) is 0 Å². The van der Waals surface area contributed by atoms with Gasteiger partial charge in [-0.1, -0.05) is 50.8 Å². The second-order valence-corrected chi connectivity index (χ2v) is 19.5. The van der Waals surface area contributed by atoms with Gasteiger partial charge in [-0.3, -0.25) is 24.1 Å². The number of hydrogen-bond donors (Lipinski definition) is 3. The van der Waals surface area contributed by atoms with Crippen LogP contribution >= 0.6 is 0 Å². The van der Waals surface area contributed by atoms with Crippen molar-refractivity contribution in [1.29, 1.82) is 0 Å². The summed E-state index contributed by atoms with van der Waals surface area (Å²) in [6.07, 6.45) is 1.82. The lowest BCUT2D eigenvalue weighted by Gasteiger charge is -2.28. The van der Waals surface area contributed by atoms with E-state index < -0.39 is 49.4 Å². The Kier molecular flexibility index (Phi) is 14.7. The molecule has 49 heavy (non-hydrogen) atoms. The van der Waals surface area contributed by atoms with Crippen LogP contribution in [0.4, 0.5) is 11.4 Å². The number of nitrogens with zero attached hydrogens (tertiary/aromatic N) is 1. The Bertz CT molecular complexity index is 1530. The minimum Gasteiger partial charge on any atom is -0.478 e. The maximum absolute atomic E-state index is 13.6. The van der Waals surface area contributed by atoms with Gasteiger partial charge in [0.2, 0.25) is 11.8 Å². The molecule has 3 N–H and O–H groups in total. The maximum Gasteiger partial charge on any atom is 0.398 e. The molecule has 0 bridgehead atoms. The summed E-state index contributed by atoms with van der Waals surface area (Å²) in [6, 6.07) is 9.93. The highest BCUT2D eigenvalue weighted by Crippen LogP contribution is 2.33. The molecule has 0 saturated heterocycles. The third-order valence-corrected chi connectivity index (χ3v) is 10.2. The number of benzene rings is 2. The predicted molar refractivity (Wildman–Crippen MR) is 189 cm³/mol. The van der Waals surface area contributed by atoms with E-state index in [4.69, 9.17) is 9.47 Å². The molecule has 2 unspecified atom stereocenters. The first kappa shape index (κ1) is 40.7. The summed E-state index contributed by atoms with van der Waals surface area (Å²) in [7, 11) is -1.60.